The minimum absolute atomic E-state index is 0.0325. The van der Waals surface area contributed by atoms with Crippen LogP contribution in [0.4, 0.5) is 14.7 Å². The summed E-state index contributed by atoms with van der Waals surface area (Å²) in [6, 6.07) is 6.28. The second kappa shape index (κ2) is 8.41. The number of aromatic nitrogens is 2. The number of amides is 1. The van der Waals surface area contributed by atoms with E-state index in [1.165, 1.54) is 23.5 Å². The Morgan fingerprint density at radius 2 is 2.27 bits per heavy atom. The van der Waals surface area contributed by atoms with Crippen LogP contribution in [0.3, 0.4) is 0 Å². The van der Waals surface area contributed by atoms with Gasteiger partial charge in [-0.2, -0.15) is 0 Å². The Kier molecular flexibility index (Phi) is 6.00. The van der Waals surface area contributed by atoms with Gasteiger partial charge in [-0.15, -0.1) is 10.2 Å². The maximum atomic E-state index is 13.2. The zero-order chi connectivity index (χ0) is 18.5. The zero-order valence-electron chi connectivity index (χ0n) is 14.4. The van der Waals surface area contributed by atoms with Crippen molar-refractivity contribution in [2.75, 3.05) is 18.2 Å². The van der Waals surface area contributed by atoms with Gasteiger partial charge in [0, 0.05) is 19.6 Å². The molecular formula is C17H22FN5O2S. The van der Waals surface area contributed by atoms with Gasteiger partial charge in [-0.05, 0) is 37.0 Å². The number of halogens is 1. The highest BCUT2D eigenvalue weighted by atomic mass is 32.1. The molecule has 0 radical (unpaired) electrons. The first kappa shape index (κ1) is 18.5. The lowest BCUT2D eigenvalue weighted by Gasteiger charge is -2.34. The average Bonchev–Trinajstić information content (AvgIpc) is 3.05. The molecule has 0 aliphatic heterocycles. The number of hydrogen-bond acceptors (Lipinski definition) is 7. The topological polar surface area (TPSA) is 102 Å². The third-order valence-corrected chi connectivity index (χ3v) is 5.25. The van der Waals surface area contributed by atoms with Gasteiger partial charge < -0.3 is 21.1 Å². The maximum absolute atomic E-state index is 13.2. The molecule has 26 heavy (non-hydrogen) atoms. The minimum Gasteiger partial charge on any atom is -0.379 e. The normalized spacial score (nSPS) is 22.8. The minimum atomic E-state index is -0.305. The largest absolute Gasteiger partial charge is 0.379 e. The molecule has 1 aromatic carbocycles. The molecule has 1 aromatic heterocycles. The van der Waals surface area contributed by atoms with Gasteiger partial charge in [-0.1, -0.05) is 23.5 Å². The van der Waals surface area contributed by atoms with Gasteiger partial charge in [-0.3, -0.25) is 4.79 Å². The number of anilines is 2. The van der Waals surface area contributed by atoms with Crippen LogP contribution < -0.4 is 16.4 Å². The maximum Gasteiger partial charge on any atom is 0.223 e. The molecule has 7 nitrogen and oxygen atoms in total. The molecular weight excluding hydrogens is 357 g/mol. The molecule has 3 rings (SSSR count). The van der Waals surface area contributed by atoms with E-state index in [9.17, 15) is 9.18 Å². The van der Waals surface area contributed by atoms with Gasteiger partial charge in [0.15, 0.2) is 0 Å². The fraction of sp³-hybridized carbons (Fsp3) is 0.471. The smallest absolute Gasteiger partial charge is 0.223 e. The van der Waals surface area contributed by atoms with Crippen molar-refractivity contribution in [2.24, 2.45) is 5.92 Å². The number of benzene rings is 1. The quantitative estimate of drug-likeness (QED) is 0.711. The van der Waals surface area contributed by atoms with E-state index in [4.69, 9.17) is 10.5 Å². The second-order valence-electron chi connectivity index (χ2n) is 6.33. The average molecular weight is 379 g/mol. The molecule has 1 amide bonds. The molecule has 1 aliphatic rings. The number of hydrogen-bond donors (Lipinski definition) is 3. The molecule has 0 saturated heterocycles. The van der Waals surface area contributed by atoms with Crippen molar-refractivity contribution in [3.63, 3.8) is 0 Å². The van der Waals surface area contributed by atoms with Crippen LogP contribution in [0.1, 0.15) is 24.8 Å². The number of rotatable bonds is 6. The molecule has 0 unspecified atom stereocenters. The number of ether oxygens (including phenoxy) is 1. The summed E-state index contributed by atoms with van der Waals surface area (Å²) in [5.41, 5.74) is 6.34. The predicted octanol–water partition coefficient (Wildman–Crippen LogP) is 2.17. The van der Waals surface area contributed by atoms with Crippen molar-refractivity contribution in [3.05, 3.63) is 35.6 Å². The third-order valence-electron chi connectivity index (χ3n) is 4.57. The lowest BCUT2D eigenvalue weighted by molar-refractivity contribution is -0.127. The summed E-state index contributed by atoms with van der Waals surface area (Å²) in [5, 5.41) is 15.0. The highest BCUT2D eigenvalue weighted by Crippen LogP contribution is 2.30. The Morgan fingerprint density at radius 1 is 1.42 bits per heavy atom. The van der Waals surface area contributed by atoms with E-state index in [2.05, 4.69) is 20.8 Å². The summed E-state index contributed by atoms with van der Waals surface area (Å²) in [4.78, 5) is 12.5. The number of carbonyl (C=O) groups excluding carboxylic acids is 1. The summed E-state index contributed by atoms with van der Waals surface area (Å²) < 4.78 is 18.8. The first-order valence-electron chi connectivity index (χ1n) is 8.45. The first-order chi connectivity index (χ1) is 12.5. The third kappa shape index (κ3) is 4.67. The number of nitrogens with two attached hydrogens (primary N) is 1. The van der Waals surface area contributed by atoms with E-state index in [1.54, 1.807) is 19.2 Å². The Hall–Kier alpha value is -2.26. The highest BCUT2D eigenvalue weighted by molar-refractivity contribution is 7.18. The van der Waals surface area contributed by atoms with E-state index < -0.39 is 0 Å². The van der Waals surface area contributed by atoms with Crippen LogP contribution in [0.2, 0.25) is 0 Å². The van der Waals surface area contributed by atoms with Gasteiger partial charge in [0.05, 0.1) is 12.1 Å². The van der Waals surface area contributed by atoms with Crippen LogP contribution in [-0.2, 0) is 16.1 Å². The molecule has 9 heteroatoms. The lowest BCUT2D eigenvalue weighted by atomic mass is 9.83. The monoisotopic (exact) mass is 379 g/mol. The Bertz CT molecular complexity index is 756. The number of carbonyl (C=O) groups is 1. The van der Waals surface area contributed by atoms with Crippen molar-refractivity contribution in [1.82, 2.24) is 15.5 Å². The van der Waals surface area contributed by atoms with Gasteiger partial charge in [0.25, 0.3) is 0 Å². The van der Waals surface area contributed by atoms with Crippen LogP contribution in [0.5, 0.6) is 0 Å². The second-order valence-corrected chi connectivity index (χ2v) is 7.34. The molecule has 1 aliphatic carbocycles. The number of methoxy groups -OCH3 is 1. The van der Waals surface area contributed by atoms with Crippen LogP contribution in [0, 0.1) is 11.7 Å². The molecule has 2 aromatic rings. The molecule has 0 bridgehead atoms. The van der Waals surface area contributed by atoms with Crippen molar-refractivity contribution >= 4 is 27.5 Å². The van der Waals surface area contributed by atoms with Crippen molar-refractivity contribution < 1.29 is 13.9 Å². The molecule has 3 atom stereocenters. The van der Waals surface area contributed by atoms with Gasteiger partial charge >= 0.3 is 0 Å². The van der Waals surface area contributed by atoms with Gasteiger partial charge in [0.2, 0.25) is 16.2 Å². The summed E-state index contributed by atoms with van der Waals surface area (Å²) in [6.07, 6.45) is 2.01. The summed E-state index contributed by atoms with van der Waals surface area (Å²) in [7, 11) is 1.64. The van der Waals surface area contributed by atoms with E-state index in [0.717, 1.165) is 18.4 Å². The summed E-state index contributed by atoms with van der Waals surface area (Å²) in [6.45, 7) is 0.316. The van der Waals surface area contributed by atoms with E-state index in [1.807, 2.05) is 0 Å². The van der Waals surface area contributed by atoms with Crippen molar-refractivity contribution in [1.29, 1.82) is 0 Å². The van der Waals surface area contributed by atoms with E-state index in [-0.39, 0.29) is 29.8 Å². The fourth-order valence-corrected chi connectivity index (χ4v) is 3.80. The lowest BCUT2D eigenvalue weighted by Crippen LogP contribution is -2.44. The van der Waals surface area contributed by atoms with E-state index >= 15 is 0 Å². The van der Waals surface area contributed by atoms with Gasteiger partial charge in [-0.25, -0.2) is 4.39 Å². The number of nitrogens with zero attached hydrogens (tertiary/aromatic N) is 2. The molecule has 140 valence electrons. The van der Waals surface area contributed by atoms with Crippen LogP contribution >= 0.6 is 11.3 Å². The number of nitrogens with one attached hydrogen (secondary N) is 2. The Morgan fingerprint density at radius 3 is 2.96 bits per heavy atom. The molecule has 0 spiro atoms. The zero-order valence-corrected chi connectivity index (χ0v) is 15.3. The Labute approximate surface area is 155 Å². The molecule has 4 N–H and O–H groups in total. The molecule has 1 saturated carbocycles. The fourth-order valence-electron chi connectivity index (χ4n) is 3.22. The molecule has 1 heterocycles. The standard InChI is InChI=1S/C17H22FN5O2S/c1-25-14-8-11(5-6-13(14)21-17-23-22-16(19)26-17)15(24)20-9-10-3-2-4-12(18)7-10/h2-4,7,11,13-14H,5-6,8-9H2,1H3,(H2,19,22)(H,20,24)(H,21,23)/t11-,13+,14+/m0/s1. The number of nitrogen functional groups attached to an aromatic ring is 1. The SMILES string of the molecule is CO[C@@H]1C[C@@H](C(=O)NCc2cccc(F)c2)CC[C@H]1Nc1nnc(N)s1. The van der Waals surface area contributed by atoms with Crippen LogP contribution in [-0.4, -0.2) is 35.4 Å². The highest BCUT2D eigenvalue weighted by Gasteiger charge is 2.34. The Balaban J connectivity index is 1.53. The van der Waals surface area contributed by atoms with Crippen LogP contribution in [0.25, 0.3) is 0 Å². The van der Waals surface area contributed by atoms with Crippen molar-refractivity contribution in [3.8, 4) is 0 Å². The summed E-state index contributed by atoms with van der Waals surface area (Å²) in [5.74, 6) is -0.471. The van der Waals surface area contributed by atoms with Crippen LogP contribution in [0.15, 0.2) is 24.3 Å². The first-order valence-corrected chi connectivity index (χ1v) is 9.27. The molecule has 1 fully saturated rings. The summed E-state index contributed by atoms with van der Waals surface area (Å²) >= 11 is 1.29. The van der Waals surface area contributed by atoms with Crippen molar-refractivity contribution in [2.45, 2.75) is 38.0 Å². The van der Waals surface area contributed by atoms with Gasteiger partial charge in [0.1, 0.15) is 5.82 Å². The predicted molar refractivity (Wildman–Crippen MR) is 98.1 cm³/mol. The van der Waals surface area contributed by atoms with E-state index in [0.29, 0.717) is 23.2 Å².